The van der Waals surface area contributed by atoms with E-state index < -0.39 is 13.0 Å². The molecular formula is C9H11F2N7. The molecule has 2 N–H and O–H groups in total. The van der Waals surface area contributed by atoms with E-state index in [0.717, 1.165) is 0 Å². The third kappa shape index (κ3) is 2.87. The number of alkyl halides is 2. The monoisotopic (exact) mass is 255 g/mol. The number of hydrogen-bond donors (Lipinski definition) is 2. The van der Waals surface area contributed by atoms with Crippen LogP contribution in [0.4, 0.5) is 20.7 Å². The van der Waals surface area contributed by atoms with Gasteiger partial charge in [0.15, 0.2) is 0 Å². The lowest BCUT2D eigenvalue weighted by molar-refractivity contribution is 0.163. The van der Waals surface area contributed by atoms with Crippen molar-refractivity contribution in [2.24, 2.45) is 0 Å². The third-order valence-electron chi connectivity index (χ3n) is 1.97. The van der Waals surface area contributed by atoms with Crippen molar-refractivity contribution in [3.8, 4) is 5.95 Å². The molecule has 0 bridgehead atoms. The standard InChI is InChI=1S/C9H11F2N7/c1-12-7-15-8(13-5-6(10)11)17-9(16-7)18-4-2-3-14-18/h2-4,6H,5H2,1H3,(H2,12,13,15,16,17). The Hall–Kier alpha value is -2.32. The Morgan fingerprint density at radius 1 is 1.28 bits per heavy atom. The largest absolute Gasteiger partial charge is 0.357 e. The average Bonchev–Trinajstić information content (AvgIpc) is 2.89. The summed E-state index contributed by atoms with van der Waals surface area (Å²) in [7, 11) is 1.62. The average molecular weight is 255 g/mol. The van der Waals surface area contributed by atoms with Gasteiger partial charge in [-0.2, -0.15) is 20.1 Å². The van der Waals surface area contributed by atoms with E-state index in [-0.39, 0.29) is 17.8 Å². The Morgan fingerprint density at radius 3 is 2.67 bits per heavy atom. The molecule has 0 saturated carbocycles. The quantitative estimate of drug-likeness (QED) is 0.821. The summed E-state index contributed by atoms with van der Waals surface area (Å²) in [4.78, 5) is 12.0. The minimum Gasteiger partial charge on any atom is -0.357 e. The van der Waals surface area contributed by atoms with Gasteiger partial charge in [-0.1, -0.05) is 0 Å². The van der Waals surface area contributed by atoms with Gasteiger partial charge in [0.1, 0.15) is 0 Å². The molecule has 0 amide bonds. The summed E-state index contributed by atoms with van der Waals surface area (Å²) in [6, 6.07) is 1.70. The van der Waals surface area contributed by atoms with Gasteiger partial charge in [-0.15, -0.1) is 0 Å². The van der Waals surface area contributed by atoms with Crippen LogP contribution in [0.25, 0.3) is 5.95 Å². The smallest absolute Gasteiger partial charge is 0.257 e. The Bertz CT molecular complexity index is 500. The van der Waals surface area contributed by atoms with Crippen LogP contribution in [0, 0.1) is 0 Å². The molecule has 18 heavy (non-hydrogen) atoms. The molecule has 0 saturated heterocycles. The number of hydrogen-bond acceptors (Lipinski definition) is 6. The van der Waals surface area contributed by atoms with Crippen molar-refractivity contribution in [2.45, 2.75) is 6.43 Å². The lowest BCUT2D eigenvalue weighted by Gasteiger charge is -2.07. The van der Waals surface area contributed by atoms with Crippen LogP contribution in [0.5, 0.6) is 0 Å². The number of aromatic nitrogens is 5. The lowest BCUT2D eigenvalue weighted by Crippen LogP contribution is -2.15. The highest BCUT2D eigenvalue weighted by Gasteiger charge is 2.09. The van der Waals surface area contributed by atoms with Gasteiger partial charge in [-0.05, 0) is 6.07 Å². The molecule has 2 aromatic heterocycles. The summed E-state index contributed by atoms with van der Waals surface area (Å²) in [5, 5.41) is 9.11. The van der Waals surface area contributed by atoms with Gasteiger partial charge in [0.25, 0.3) is 12.4 Å². The molecule has 96 valence electrons. The van der Waals surface area contributed by atoms with E-state index in [1.165, 1.54) is 4.68 Å². The summed E-state index contributed by atoms with van der Waals surface area (Å²) in [5.74, 6) is 0.587. The van der Waals surface area contributed by atoms with Gasteiger partial charge >= 0.3 is 0 Å². The van der Waals surface area contributed by atoms with Crippen molar-refractivity contribution in [3.05, 3.63) is 18.5 Å². The lowest BCUT2D eigenvalue weighted by atomic mass is 10.6. The molecule has 0 aliphatic rings. The minimum atomic E-state index is -2.48. The van der Waals surface area contributed by atoms with E-state index >= 15 is 0 Å². The van der Waals surface area contributed by atoms with Crippen LogP contribution in [0.1, 0.15) is 0 Å². The fourth-order valence-corrected chi connectivity index (χ4v) is 1.21. The second kappa shape index (κ2) is 5.34. The predicted octanol–water partition coefficient (Wildman–Crippen LogP) is 0.776. The maximum atomic E-state index is 12.1. The molecule has 7 nitrogen and oxygen atoms in total. The van der Waals surface area contributed by atoms with E-state index in [1.54, 1.807) is 25.5 Å². The van der Waals surface area contributed by atoms with Gasteiger partial charge < -0.3 is 10.6 Å². The SMILES string of the molecule is CNc1nc(NCC(F)F)nc(-n2cccn2)n1. The number of nitrogens with one attached hydrogen (secondary N) is 2. The fourth-order valence-electron chi connectivity index (χ4n) is 1.21. The van der Waals surface area contributed by atoms with E-state index in [4.69, 9.17) is 0 Å². The molecule has 2 heterocycles. The topological polar surface area (TPSA) is 80.5 Å². The summed E-state index contributed by atoms with van der Waals surface area (Å²) < 4.78 is 25.6. The maximum Gasteiger partial charge on any atom is 0.257 e. The first kappa shape index (κ1) is 12.1. The van der Waals surface area contributed by atoms with Crippen molar-refractivity contribution in [1.29, 1.82) is 0 Å². The van der Waals surface area contributed by atoms with Crippen LogP contribution in [0.2, 0.25) is 0 Å². The van der Waals surface area contributed by atoms with Crippen molar-refractivity contribution in [3.63, 3.8) is 0 Å². The highest BCUT2D eigenvalue weighted by atomic mass is 19.3. The maximum absolute atomic E-state index is 12.1. The van der Waals surface area contributed by atoms with Crippen LogP contribution < -0.4 is 10.6 Å². The number of halogens is 2. The van der Waals surface area contributed by atoms with Crippen LogP contribution in [0.15, 0.2) is 18.5 Å². The summed E-state index contributed by atoms with van der Waals surface area (Å²) in [5.41, 5.74) is 0. The van der Waals surface area contributed by atoms with Crippen LogP contribution in [-0.2, 0) is 0 Å². The number of anilines is 2. The highest BCUT2D eigenvalue weighted by Crippen LogP contribution is 2.08. The molecule has 0 aromatic carbocycles. The first-order valence-electron chi connectivity index (χ1n) is 5.15. The normalized spacial score (nSPS) is 10.7. The first-order valence-corrected chi connectivity index (χ1v) is 5.15. The van der Waals surface area contributed by atoms with Crippen molar-refractivity contribution >= 4 is 11.9 Å². The third-order valence-corrected chi connectivity index (χ3v) is 1.97. The second-order valence-corrected chi connectivity index (χ2v) is 3.26. The Labute approximate surface area is 101 Å². The Morgan fingerprint density at radius 2 is 2.06 bits per heavy atom. The van der Waals surface area contributed by atoms with Crippen LogP contribution >= 0.6 is 0 Å². The Kier molecular flexibility index (Phi) is 3.60. The summed E-state index contributed by atoms with van der Waals surface area (Å²) >= 11 is 0. The molecule has 0 spiro atoms. The molecular weight excluding hydrogens is 244 g/mol. The zero-order valence-electron chi connectivity index (χ0n) is 9.51. The molecule has 0 aliphatic carbocycles. The second-order valence-electron chi connectivity index (χ2n) is 3.26. The fraction of sp³-hybridized carbons (Fsp3) is 0.333. The first-order chi connectivity index (χ1) is 8.69. The van der Waals surface area contributed by atoms with E-state index in [1.807, 2.05) is 0 Å². The van der Waals surface area contributed by atoms with E-state index in [0.29, 0.717) is 0 Å². The van der Waals surface area contributed by atoms with Crippen LogP contribution in [0.3, 0.4) is 0 Å². The van der Waals surface area contributed by atoms with Gasteiger partial charge in [0.2, 0.25) is 11.9 Å². The molecule has 2 aromatic rings. The zero-order chi connectivity index (χ0) is 13.0. The highest BCUT2D eigenvalue weighted by molar-refractivity contribution is 5.37. The van der Waals surface area contributed by atoms with Crippen molar-refractivity contribution < 1.29 is 8.78 Å². The van der Waals surface area contributed by atoms with Gasteiger partial charge in [0.05, 0.1) is 6.54 Å². The number of rotatable bonds is 5. The molecule has 9 heteroatoms. The molecule has 0 radical (unpaired) electrons. The molecule has 0 unspecified atom stereocenters. The molecule has 2 rings (SSSR count). The number of nitrogens with zero attached hydrogens (tertiary/aromatic N) is 5. The van der Waals surface area contributed by atoms with Gasteiger partial charge in [0, 0.05) is 19.4 Å². The van der Waals surface area contributed by atoms with Crippen molar-refractivity contribution in [1.82, 2.24) is 24.7 Å². The molecule has 0 aliphatic heterocycles. The summed E-state index contributed by atoms with van der Waals surface area (Å²) in [6.45, 7) is -0.522. The van der Waals surface area contributed by atoms with Gasteiger partial charge in [-0.3, -0.25) is 0 Å². The zero-order valence-corrected chi connectivity index (χ0v) is 9.51. The van der Waals surface area contributed by atoms with E-state index in [2.05, 4.69) is 30.7 Å². The van der Waals surface area contributed by atoms with Crippen molar-refractivity contribution in [2.75, 3.05) is 24.2 Å². The van der Waals surface area contributed by atoms with Crippen LogP contribution in [-0.4, -0.2) is 44.8 Å². The molecule has 0 atom stereocenters. The molecule has 0 fully saturated rings. The Balaban J connectivity index is 2.27. The minimum absolute atomic E-state index is 0.0696. The van der Waals surface area contributed by atoms with E-state index in [9.17, 15) is 8.78 Å². The predicted molar refractivity (Wildman–Crippen MR) is 61.0 cm³/mol. The summed E-state index contributed by atoms with van der Waals surface area (Å²) in [6.07, 6.45) is 0.730. The van der Waals surface area contributed by atoms with Gasteiger partial charge in [-0.25, -0.2) is 13.5 Å².